The van der Waals surface area contributed by atoms with Gasteiger partial charge in [-0.3, -0.25) is 4.90 Å². The van der Waals surface area contributed by atoms with Crippen LogP contribution in [0.5, 0.6) is 0 Å². The molecule has 2 aromatic rings. The number of nitrogens with zero attached hydrogens (tertiary/aromatic N) is 4. The minimum atomic E-state index is -2.44. The summed E-state index contributed by atoms with van der Waals surface area (Å²) in [6, 6.07) is 10.3. The predicted octanol–water partition coefficient (Wildman–Crippen LogP) is 2.89. The van der Waals surface area contributed by atoms with E-state index < -0.39 is 13.0 Å². The van der Waals surface area contributed by atoms with E-state index in [1.54, 1.807) is 0 Å². The second-order valence-electron chi connectivity index (χ2n) is 6.18. The first-order valence-electron chi connectivity index (χ1n) is 8.13. The van der Waals surface area contributed by atoms with Gasteiger partial charge >= 0.3 is 0 Å². The van der Waals surface area contributed by atoms with Crippen LogP contribution in [0, 0.1) is 0 Å². The van der Waals surface area contributed by atoms with E-state index in [9.17, 15) is 8.78 Å². The van der Waals surface area contributed by atoms with Crippen molar-refractivity contribution in [2.75, 3.05) is 6.61 Å². The van der Waals surface area contributed by atoms with Crippen LogP contribution in [0.3, 0.4) is 0 Å². The number of morpholine rings is 1. The first-order valence-corrected chi connectivity index (χ1v) is 8.13. The average Bonchev–Trinajstić information content (AvgIpc) is 2.98. The Hall–Kier alpha value is -1.86. The van der Waals surface area contributed by atoms with Gasteiger partial charge in [-0.05, 0) is 19.4 Å². The van der Waals surface area contributed by atoms with Crippen LogP contribution in [0.4, 0.5) is 8.78 Å². The molecule has 3 unspecified atom stereocenters. The lowest BCUT2D eigenvalue weighted by Crippen LogP contribution is -2.50. The summed E-state index contributed by atoms with van der Waals surface area (Å²) >= 11 is 0. The van der Waals surface area contributed by atoms with Crippen molar-refractivity contribution in [3.05, 3.63) is 48.0 Å². The van der Waals surface area contributed by atoms with Crippen LogP contribution in [0.1, 0.15) is 31.3 Å². The van der Waals surface area contributed by atoms with Crippen LogP contribution in [0.2, 0.25) is 0 Å². The van der Waals surface area contributed by atoms with Crippen molar-refractivity contribution in [2.24, 2.45) is 0 Å². The molecule has 1 aliphatic heterocycles. The molecule has 5 nitrogen and oxygen atoms in total. The third kappa shape index (κ3) is 3.62. The van der Waals surface area contributed by atoms with Gasteiger partial charge in [0, 0.05) is 12.1 Å². The number of hydrogen-bond acceptors (Lipinski definition) is 4. The summed E-state index contributed by atoms with van der Waals surface area (Å²) in [4.78, 5) is 6.41. The maximum absolute atomic E-state index is 12.7. The van der Waals surface area contributed by atoms with Gasteiger partial charge in [0.1, 0.15) is 18.7 Å². The molecule has 24 heavy (non-hydrogen) atoms. The first-order chi connectivity index (χ1) is 11.6. The normalized spacial score (nSPS) is 25.3. The molecular weight excluding hydrogens is 314 g/mol. The van der Waals surface area contributed by atoms with Gasteiger partial charge in [0.05, 0.1) is 19.3 Å². The second-order valence-corrected chi connectivity index (χ2v) is 6.18. The highest BCUT2D eigenvalue weighted by Crippen LogP contribution is 2.31. The van der Waals surface area contributed by atoms with E-state index in [4.69, 9.17) is 4.74 Å². The van der Waals surface area contributed by atoms with E-state index in [1.807, 2.05) is 18.2 Å². The maximum Gasteiger partial charge on any atom is 0.257 e. The van der Waals surface area contributed by atoms with Crippen LogP contribution in [0.25, 0.3) is 0 Å². The van der Waals surface area contributed by atoms with Gasteiger partial charge in [0.2, 0.25) is 0 Å². The number of rotatable bonds is 5. The SMILES string of the molecule is CC1COC(c2ccccc2)C(C)N1Cc1ncnn1CC(F)F. The monoisotopic (exact) mass is 336 g/mol. The largest absolute Gasteiger partial charge is 0.370 e. The molecule has 7 heteroatoms. The number of alkyl halides is 2. The summed E-state index contributed by atoms with van der Waals surface area (Å²) in [5.74, 6) is 0.558. The first kappa shape index (κ1) is 17.0. The van der Waals surface area contributed by atoms with Gasteiger partial charge in [0.15, 0.2) is 0 Å². The fourth-order valence-corrected chi connectivity index (χ4v) is 3.23. The molecule has 1 fully saturated rings. The fourth-order valence-electron chi connectivity index (χ4n) is 3.23. The van der Waals surface area contributed by atoms with Crippen LogP contribution in [-0.2, 0) is 17.8 Å². The maximum atomic E-state index is 12.7. The molecule has 0 radical (unpaired) electrons. The predicted molar refractivity (Wildman–Crippen MR) is 85.6 cm³/mol. The molecule has 0 saturated carbocycles. The molecule has 0 spiro atoms. The summed E-state index contributed by atoms with van der Waals surface area (Å²) < 4.78 is 32.7. The molecule has 0 aliphatic carbocycles. The highest BCUT2D eigenvalue weighted by molar-refractivity contribution is 5.19. The summed E-state index contributed by atoms with van der Waals surface area (Å²) in [6.45, 7) is 4.81. The lowest BCUT2D eigenvalue weighted by Gasteiger charge is -2.43. The number of aromatic nitrogens is 3. The summed E-state index contributed by atoms with van der Waals surface area (Å²) in [5, 5.41) is 3.92. The van der Waals surface area contributed by atoms with Gasteiger partial charge in [-0.25, -0.2) is 18.4 Å². The van der Waals surface area contributed by atoms with E-state index in [2.05, 4.69) is 41.0 Å². The van der Waals surface area contributed by atoms with Gasteiger partial charge in [-0.2, -0.15) is 5.10 Å². The summed E-state index contributed by atoms with van der Waals surface area (Å²) in [7, 11) is 0. The van der Waals surface area contributed by atoms with Crippen molar-refractivity contribution >= 4 is 0 Å². The molecule has 0 amide bonds. The molecule has 1 aromatic heterocycles. The summed E-state index contributed by atoms with van der Waals surface area (Å²) in [5.41, 5.74) is 1.12. The second kappa shape index (κ2) is 7.36. The Morgan fingerprint density at radius 3 is 2.71 bits per heavy atom. The van der Waals surface area contributed by atoms with Gasteiger partial charge < -0.3 is 4.74 Å². The zero-order valence-electron chi connectivity index (χ0n) is 13.8. The van der Waals surface area contributed by atoms with Crippen LogP contribution < -0.4 is 0 Å². The summed E-state index contributed by atoms with van der Waals surface area (Å²) in [6.07, 6.45) is -1.15. The van der Waals surface area contributed by atoms with Crippen molar-refractivity contribution in [1.29, 1.82) is 0 Å². The molecule has 0 bridgehead atoms. The molecule has 1 saturated heterocycles. The molecule has 0 N–H and O–H groups in total. The van der Waals surface area contributed by atoms with Crippen molar-refractivity contribution in [1.82, 2.24) is 19.7 Å². The Morgan fingerprint density at radius 1 is 1.25 bits per heavy atom. The van der Waals surface area contributed by atoms with E-state index in [0.717, 1.165) is 5.56 Å². The number of halogens is 2. The third-order valence-electron chi connectivity index (χ3n) is 4.50. The molecule has 3 atom stereocenters. The standard InChI is InChI=1S/C17H22F2N4O/c1-12-10-24-17(14-6-4-3-5-7-14)13(2)22(12)9-16-20-11-21-23(16)8-15(18)19/h3-7,11-13,15,17H,8-10H2,1-2H3. The smallest absolute Gasteiger partial charge is 0.257 e. The quantitative estimate of drug-likeness (QED) is 0.842. The Morgan fingerprint density at radius 2 is 2.00 bits per heavy atom. The van der Waals surface area contributed by atoms with Crippen LogP contribution >= 0.6 is 0 Å². The average molecular weight is 336 g/mol. The zero-order valence-corrected chi connectivity index (χ0v) is 13.8. The van der Waals surface area contributed by atoms with Crippen LogP contribution in [0.15, 0.2) is 36.7 Å². The van der Waals surface area contributed by atoms with Crippen molar-refractivity contribution < 1.29 is 13.5 Å². The lowest BCUT2D eigenvalue weighted by atomic mass is 9.98. The zero-order chi connectivity index (χ0) is 17.1. The van der Waals surface area contributed by atoms with Gasteiger partial charge in [-0.1, -0.05) is 30.3 Å². The van der Waals surface area contributed by atoms with E-state index in [-0.39, 0.29) is 18.2 Å². The number of hydrogen-bond donors (Lipinski definition) is 0. The number of benzene rings is 1. The molecule has 3 rings (SSSR count). The van der Waals surface area contributed by atoms with E-state index >= 15 is 0 Å². The fraction of sp³-hybridized carbons (Fsp3) is 0.529. The lowest BCUT2D eigenvalue weighted by molar-refractivity contribution is -0.101. The molecule has 1 aliphatic rings. The highest BCUT2D eigenvalue weighted by atomic mass is 19.3. The molecular formula is C17H22F2N4O. The molecule has 2 heterocycles. The minimum absolute atomic E-state index is 0.0473. The highest BCUT2D eigenvalue weighted by Gasteiger charge is 2.34. The Labute approximate surface area is 140 Å². The van der Waals surface area contributed by atoms with Crippen molar-refractivity contribution in [3.8, 4) is 0 Å². The minimum Gasteiger partial charge on any atom is -0.370 e. The van der Waals surface area contributed by atoms with Crippen molar-refractivity contribution in [3.63, 3.8) is 0 Å². The Balaban J connectivity index is 1.77. The van der Waals surface area contributed by atoms with E-state index in [0.29, 0.717) is 19.0 Å². The third-order valence-corrected chi connectivity index (χ3v) is 4.50. The molecule has 130 valence electrons. The van der Waals surface area contributed by atoms with Gasteiger partial charge in [-0.15, -0.1) is 0 Å². The Bertz CT molecular complexity index is 649. The number of ether oxygens (including phenoxy) is 1. The van der Waals surface area contributed by atoms with Crippen LogP contribution in [-0.4, -0.2) is 44.8 Å². The van der Waals surface area contributed by atoms with Gasteiger partial charge in [0.25, 0.3) is 6.43 Å². The topological polar surface area (TPSA) is 43.2 Å². The van der Waals surface area contributed by atoms with E-state index in [1.165, 1.54) is 11.0 Å². The van der Waals surface area contributed by atoms with Crippen molar-refractivity contribution in [2.45, 2.75) is 51.6 Å². The Kier molecular flexibility index (Phi) is 5.20. The molecule has 1 aromatic carbocycles.